The Morgan fingerprint density at radius 2 is 2.00 bits per heavy atom. The maximum atomic E-state index is 12.5. The summed E-state index contributed by atoms with van der Waals surface area (Å²) in [7, 11) is -3.24. The number of nitrogens with one attached hydrogen (secondary N) is 1. The highest BCUT2D eigenvalue weighted by atomic mass is 32.2. The zero-order chi connectivity index (χ0) is 19.2. The van der Waals surface area contributed by atoms with Gasteiger partial charge in [0.25, 0.3) is 0 Å². The minimum atomic E-state index is -3.24. The van der Waals surface area contributed by atoms with Crippen molar-refractivity contribution in [3.63, 3.8) is 0 Å². The molecule has 26 heavy (non-hydrogen) atoms. The van der Waals surface area contributed by atoms with Crippen LogP contribution >= 0.6 is 0 Å². The molecule has 1 aromatic carbocycles. The van der Waals surface area contributed by atoms with Crippen molar-refractivity contribution < 1.29 is 13.2 Å². The third kappa shape index (κ3) is 5.83. The van der Waals surface area contributed by atoms with Crippen molar-refractivity contribution in [2.24, 2.45) is 5.92 Å². The molecule has 1 amide bonds. The number of benzene rings is 1. The quantitative estimate of drug-likeness (QED) is 0.688. The summed E-state index contributed by atoms with van der Waals surface area (Å²) in [6.45, 7) is 5.04. The van der Waals surface area contributed by atoms with E-state index in [0.717, 1.165) is 24.8 Å². The summed E-state index contributed by atoms with van der Waals surface area (Å²) in [5.74, 6) is 0.594. The molecule has 144 valence electrons. The summed E-state index contributed by atoms with van der Waals surface area (Å²) in [6, 6.07) is 7.40. The lowest BCUT2D eigenvalue weighted by Crippen LogP contribution is -2.32. The summed E-state index contributed by atoms with van der Waals surface area (Å²) in [4.78, 5) is 16.9. The molecule has 0 spiro atoms. The van der Waals surface area contributed by atoms with E-state index in [9.17, 15) is 13.2 Å². The van der Waals surface area contributed by atoms with Gasteiger partial charge in [0, 0.05) is 12.8 Å². The minimum Gasteiger partial charge on any atom is -0.354 e. The monoisotopic (exact) mass is 379 g/mol. The number of nitrogens with zero attached hydrogens (tertiary/aromatic N) is 2. The number of aromatic nitrogens is 2. The van der Waals surface area contributed by atoms with Crippen LogP contribution in [-0.4, -0.2) is 36.7 Å². The Bertz CT molecular complexity index is 843. The summed E-state index contributed by atoms with van der Waals surface area (Å²) in [6.07, 6.45) is 5.64. The number of para-hydroxylation sites is 2. The number of hydrogen-bond acceptors (Lipinski definition) is 4. The van der Waals surface area contributed by atoms with Crippen LogP contribution in [-0.2, 0) is 26.9 Å². The van der Waals surface area contributed by atoms with Crippen molar-refractivity contribution in [2.75, 3.05) is 12.8 Å². The molecule has 1 N–H and O–H groups in total. The van der Waals surface area contributed by atoms with Gasteiger partial charge >= 0.3 is 0 Å². The standard InChI is InChI=1S/C19H29N3O3S/c1-4-6-9-15(5-2)12-20-19(23)13-22-17-11-8-7-10-16(17)21-18(22)14-26(3,24)25/h7-8,10-11,15H,4-6,9,12-14H2,1-3H3,(H,20,23). The predicted molar refractivity (Wildman–Crippen MR) is 105 cm³/mol. The fourth-order valence-electron chi connectivity index (χ4n) is 3.05. The van der Waals surface area contributed by atoms with Crippen molar-refractivity contribution in [1.29, 1.82) is 0 Å². The van der Waals surface area contributed by atoms with Gasteiger partial charge in [-0.2, -0.15) is 0 Å². The second-order valence-corrected chi connectivity index (χ2v) is 9.03. The number of hydrogen-bond donors (Lipinski definition) is 1. The van der Waals surface area contributed by atoms with Crippen LogP contribution in [0.5, 0.6) is 0 Å². The van der Waals surface area contributed by atoms with Crippen LogP contribution < -0.4 is 5.32 Å². The van der Waals surface area contributed by atoms with E-state index in [1.807, 2.05) is 24.3 Å². The highest BCUT2D eigenvalue weighted by molar-refractivity contribution is 7.89. The molecule has 0 saturated heterocycles. The van der Waals surface area contributed by atoms with E-state index in [1.54, 1.807) is 4.57 Å². The molecule has 0 saturated carbocycles. The maximum absolute atomic E-state index is 12.5. The number of carbonyl (C=O) groups excluding carboxylic acids is 1. The van der Waals surface area contributed by atoms with Gasteiger partial charge in [-0.15, -0.1) is 0 Å². The molecule has 1 unspecified atom stereocenters. The lowest BCUT2D eigenvalue weighted by molar-refractivity contribution is -0.121. The lowest BCUT2D eigenvalue weighted by Gasteiger charge is -2.16. The topological polar surface area (TPSA) is 81.1 Å². The Hall–Kier alpha value is -1.89. The van der Waals surface area contributed by atoms with Gasteiger partial charge in [-0.1, -0.05) is 45.2 Å². The molecule has 0 aliphatic rings. The summed E-state index contributed by atoms with van der Waals surface area (Å²) in [5, 5.41) is 3.00. The van der Waals surface area contributed by atoms with Crippen LogP contribution in [0.25, 0.3) is 11.0 Å². The first kappa shape index (κ1) is 20.4. The van der Waals surface area contributed by atoms with E-state index < -0.39 is 9.84 Å². The largest absolute Gasteiger partial charge is 0.354 e. The molecule has 7 heteroatoms. The number of imidazole rings is 1. The van der Waals surface area contributed by atoms with Crippen molar-refractivity contribution in [3.05, 3.63) is 30.1 Å². The normalized spacial score (nSPS) is 13.0. The van der Waals surface area contributed by atoms with Gasteiger partial charge in [0.15, 0.2) is 9.84 Å². The fourth-order valence-corrected chi connectivity index (χ4v) is 3.74. The molecule has 1 heterocycles. The van der Waals surface area contributed by atoms with Crippen molar-refractivity contribution in [1.82, 2.24) is 14.9 Å². The average Bonchev–Trinajstić information content (AvgIpc) is 2.90. The molecule has 2 aromatic rings. The third-order valence-electron chi connectivity index (χ3n) is 4.56. The zero-order valence-electron chi connectivity index (χ0n) is 15.9. The number of unbranched alkanes of at least 4 members (excludes halogenated alkanes) is 1. The number of carbonyl (C=O) groups is 1. The molecule has 1 atom stereocenters. The smallest absolute Gasteiger partial charge is 0.240 e. The van der Waals surface area contributed by atoms with Crippen LogP contribution in [0.4, 0.5) is 0 Å². The molecular weight excluding hydrogens is 350 g/mol. The SMILES string of the molecule is CCCCC(CC)CNC(=O)Cn1c(CS(C)(=O)=O)nc2ccccc21. The molecule has 0 radical (unpaired) electrons. The number of rotatable bonds is 10. The first-order valence-corrected chi connectivity index (χ1v) is 11.3. The van der Waals surface area contributed by atoms with E-state index in [-0.39, 0.29) is 18.2 Å². The second-order valence-electron chi connectivity index (χ2n) is 6.89. The van der Waals surface area contributed by atoms with E-state index in [1.165, 1.54) is 12.7 Å². The Morgan fingerprint density at radius 1 is 1.27 bits per heavy atom. The van der Waals surface area contributed by atoms with Gasteiger partial charge in [0.2, 0.25) is 5.91 Å². The lowest BCUT2D eigenvalue weighted by atomic mass is 9.99. The van der Waals surface area contributed by atoms with E-state index in [2.05, 4.69) is 24.1 Å². The van der Waals surface area contributed by atoms with Crippen LogP contribution in [0, 0.1) is 5.92 Å². The molecule has 6 nitrogen and oxygen atoms in total. The van der Waals surface area contributed by atoms with Crippen molar-refractivity contribution in [3.8, 4) is 0 Å². The van der Waals surface area contributed by atoms with E-state index in [4.69, 9.17) is 0 Å². The second kappa shape index (κ2) is 9.16. The van der Waals surface area contributed by atoms with Crippen molar-refractivity contribution >= 4 is 26.8 Å². The minimum absolute atomic E-state index is 0.0789. The van der Waals surface area contributed by atoms with Crippen LogP contribution in [0.1, 0.15) is 45.4 Å². The van der Waals surface area contributed by atoms with Crippen LogP contribution in [0.3, 0.4) is 0 Å². The Labute approximate surface area is 155 Å². The first-order chi connectivity index (χ1) is 12.3. The molecule has 1 aromatic heterocycles. The van der Waals surface area contributed by atoms with Crippen molar-refractivity contribution in [2.45, 2.75) is 51.8 Å². The number of sulfone groups is 1. The van der Waals surface area contributed by atoms with Gasteiger partial charge in [-0.25, -0.2) is 13.4 Å². The summed E-state index contributed by atoms with van der Waals surface area (Å²) < 4.78 is 25.1. The summed E-state index contributed by atoms with van der Waals surface area (Å²) in [5.41, 5.74) is 1.48. The zero-order valence-corrected chi connectivity index (χ0v) is 16.7. The maximum Gasteiger partial charge on any atom is 0.240 e. The van der Waals surface area contributed by atoms with Gasteiger partial charge in [0.1, 0.15) is 18.1 Å². The van der Waals surface area contributed by atoms with E-state index in [0.29, 0.717) is 23.8 Å². The van der Waals surface area contributed by atoms with Crippen LogP contribution in [0.2, 0.25) is 0 Å². The Morgan fingerprint density at radius 3 is 2.65 bits per heavy atom. The summed E-state index contributed by atoms with van der Waals surface area (Å²) >= 11 is 0. The third-order valence-corrected chi connectivity index (χ3v) is 5.34. The fraction of sp³-hybridized carbons (Fsp3) is 0.579. The van der Waals surface area contributed by atoms with Gasteiger partial charge in [-0.05, 0) is 24.5 Å². The van der Waals surface area contributed by atoms with Gasteiger partial charge in [0.05, 0.1) is 11.0 Å². The van der Waals surface area contributed by atoms with Gasteiger partial charge < -0.3 is 9.88 Å². The highest BCUT2D eigenvalue weighted by Crippen LogP contribution is 2.18. The molecule has 0 fully saturated rings. The molecule has 2 rings (SSSR count). The number of amides is 1. The first-order valence-electron chi connectivity index (χ1n) is 9.22. The Balaban J connectivity index is 2.13. The molecule has 0 aliphatic carbocycles. The molecule has 0 bridgehead atoms. The number of fused-ring (bicyclic) bond motifs is 1. The average molecular weight is 380 g/mol. The molecule has 0 aliphatic heterocycles. The van der Waals surface area contributed by atoms with Gasteiger partial charge in [-0.3, -0.25) is 4.79 Å². The van der Waals surface area contributed by atoms with E-state index >= 15 is 0 Å². The van der Waals surface area contributed by atoms with Crippen LogP contribution in [0.15, 0.2) is 24.3 Å². The Kier molecular flexibility index (Phi) is 7.20. The highest BCUT2D eigenvalue weighted by Gasteiger charge is 2.17. The molecular formula is C19H29N3O3S. The predicted octanol–water partition coefficient (Wildman–Crippen LogP) is 2.91.